The molecule has 0 spiro atoms. The molecule has 0 N–H and O–H groups in total. The van der Waals surface area contributed by atoms with Crippen LogP contribution in [0.1, 0.15) is 26.3 Å². The van der Waals surface area contributed by atoms with Gasteiger partial charge in [-0.25, -0.2) is 9.59 Å². The van der Waals surface area contributed by atoms with E-state index in [1.54, 1.807) is 12.1 Å². The van der Waals surface area contributed by atoms with Crippen LogP contribution in [0.4, 0.5) is 0 Å². The highest BCUT2D eigenvalue weighted by atomic mass is 16.5. The first kappa shape index (κ1) is 15.3. The third-order valence-electron chi connectivity index (χ3n) is 2.87. The summed E-state index contributed by atoms with van der Waals surface area (Å²) in [5.41, 5.74) is 1.15. The molecule has 2 aromatic rings. The Labute approximate surface area is 128 Å². The number of terminal acetylenes is 1. The molecule has 0 atom stereocenters. The van der Waals surface area contributed by atoms with Gasteiger partial charge in [-0.15, -0.1) is 6.42 Å². The molecule has 0 saturated carbocycles. The van der Waals surface area contributed by atoms with Crippen LogP contribution in [0.3, 0.4) is 0 Å². The topological polar surface area (TPSA) is 52.6 Å². The highest BCUT2D eigenvalue weighted by Crippen LogP contribution is 2.13. The molecule has 0 aliphatic carbocycles. The lowest BCUT2D eigenvalue weighted by Gasteiger charge is -2.09. The van der Waals surface area contributed by atoms with Crippen LogP contribution < -0.4 is 0 Å². The summed E-state index contributed by atoms with van der Waals surface area (Å²) in [5, 5.41) is 0. The average molecular weight is 294 g/mol. The minimum Gasteiger partial charge on any atom is -0.457 e. The number of rotatable bonds is 5. The van der Waals surface area contributed by atoms with Crippen LogP contribution in [-0.2, 0) is 16.1 Å². The van der Waals surface area contributed by atoms with Crippen molar-refractivity contribution in [3.8, 4) is 12.3 Å². The fraction of sp³-hybridized carbons (Fsp3) is 0.111. The summed E-state index contributed by atoms with van der Waals surface area (Å²) in [6, 6.07) is 15.6. The normalized spacial score (nSPS) is 9.59. The molecule has 0 amide bonds. The zero-order chi connectivity index (χ0) is 15.8. The van der Waals surface area contributed by atoms with Crippen LogP contribution in [-0.4, -0.2) is 18.5 Å². The molecular weight excluding hydrogens is 280 g/mol. The quantitative estimate of drug-likeness (QED) is 0.628. The molecule has 0 bridgehead atoms. The predicted molar refractivity (Wildman–Crippen MR) is 81.1 cm³/mol. The summed E-state index contributed by atoms with van der Waals surface area (Å²) in [5.74, 6) is 0.971. The number of benzene rings is 2. The minimum absolute atomic E-state index is 0.132. The van der Waals surface area contributed by atoms with E-state index in [2.05, 4.69) is 5.92 Å². The Hall–Kier alpha value is -3.06. The summed E-state index contributed by atoms with van der Waals surface area (Å²) in [7, 11) is 0. The van der Waals surface area contributed by atoms with Gasteiger partial charge in [-0.05, 0) is 17.7 Å². The monoisotopic (exact) mass is 294 g/mol. The van der Waals surface area contributed by atoms with Gasteiger partial charge in [0.2, 0.25) is 0 Å². The van der Waals surface area contributed by atoms with E-state index < -0.39 is 11.9 Å². The Morgan fingerprint density at radius 3 is 2.00 bits per heavy atom. The highest BCUT2D eigenvalue weighted by Gasteiger charge is 2.18. The fourth-order valence-electron chi connectivity index (χ4n) is 1.82. The molecule has 0 unspecified atom stereocenters. The van der Waals surface area contributed by atoms with Gasteiger partial charge in [0.1, 0.15) is 6.61 Å². The van der Waals surface area contributed by atoms with E-state index in [9.17, 15) is 9.59 Å². The smallest absolute Gasteiger partial charge is 0.339 e. The SMILES string of the molecule is C#CCOC(=O)c1ccccc1C(=O)OCc1ccccc1. The van der Waals surface area contributed by atoms with Crippen LogP contribution in [0.25, 0.3) is 0 Å². The summed E-state index contributed by atoms with van der Waals surface area (Å²) in [4.78, 5) is 24.0. The first-order valence-corrected chi connectivity index (χ1v) is 6.63. The zero-order valence-corrected chi connectivity index (χ0v) is 11.8. The number of ether oxygens (including phenoxy) is 2. The molecule has 4 heteroatoms. The van der Waals surface area contributed by atoms with Gasteiger partial charge in [0.05, 0.1) is 11.1 Å². The van der Waals surface area contributed by atoms with Gasteiger partial charge >= 0.3 is 11.9 Å². The van der Waals surface area contributed by atoms with Crippen LogP contribution in [0, 0.1) is 12.3 Å². The van der Waals surface area contributed by atoms with Crippen molar-refractivity contribution in [3.05, 3.63) is 71.3 Å². The second kappa shape index (κ2) is 7.65. The lowest BCUT2D eigenvalue weighted by molar-refractivity contribution is 0.0451. The van der Waals surface area contributed by atoms with Gasteiger partial charge in [-0.2, -0.15) is 0 Å². The Morgan fingerprint density at radius 2 is 1.41 bits per heavy atom. The summed E-state index contributed by atoms with van der Waals surface area (Å²) < 4.78 is 10.1. The second-order valence-corrected chi connectivity index (χ2v) is 4.39. The molecule has 0 heterocycles. The number of carbonyl (C=O) groups excluding carboxylic acids is 2. The van der Waals surface area contributed by atoms with Crippen molar-refractivity contribution in [3.63, 3.8) is 0 Å². The fourth-order valence-corrected chi connectivity index (χ4v) is 1.82. The van der Waals surface area contributed by atoms with E-state index in [0.717, 1.165) is 5.56 Å². The van der Waals surface area contributed by atoms with Crippen LogP contribution in [0.5, 0.6) is 0 Å². The minimum atomic E-state index is -0.648. The van der Waals surface area contributed by atoms with Gasteiger partial charge in [-0.1, -0.05) is 48.4 Å². The Kier molecular flexibility index (Phi) is 5.33. The van der Waals surface area contributed by atoms with Crippen LogP contribution in [0.15, 0.2) is 54.6 Å². The van der Waals surface area contributed by atoms with Crippen LogP contribution >= 0.6 is 0 Å². The highest BCUT2D eigenvalue weighted by molar-refractivity contribution is 6.03. The molecule has 0 fully saturated rings. The van der Waals surface area contributed by atoms with E-state index in [4.69, 9.17) is 15.9 Å². The van der Waals surface area contributed by atoms with Crippen molar-refractivity contribution < 1.29 is 19.1 Å². The standard InChI is InChI=1S/C18H14O4/c1-2-12-21-17(19)15-10-6-7-11-16(15)18(20)22-13-14-8-4-3-5-9-14/h1,3-11H,12-13H2. The first-order valence-electron chi connectivity index (χ1n) is 6.63. The molecule has 0 saturated heterocycles. The summed E-state index contributed by atoms with van der Waals surface area (Å²) in [6.45, 7) is -0.0142. The van der Waals surface area contributed by atoms with Crippen molar-refractivity contribution in [2.45, 2.75) is 6.61 Å². The third kappa shape index (κ3) is 3.97. The molecular formula is C18H14O4. The third-order valence-corrected chi connectivity index (χ3v) is 2.87. The van der Waals surface area contributed by atoms with Crippen molar-refractivity contribution in [2.75, 3.05) is 6.61 Å². The van der Waals surface area contributed by atoms with E-state index in [0.29, 0.717) is 0 Å². The Morgan fingerprint density at radius 1 is 0.864 bits per heavy atom. The number of carbonyl (C=O) groups is 2. The first-order chi connectivity index (χ1) is 10.7. The Bertz CT molecular complexity index is 699. The van der Waals surface area contributed by atoms with Crippen molar-refractivity contribution in [2.24, 2.45) is 0 Å². The lowest BCUT2D eigenvalue weighted by atomic mass is 10.1. The van der Waals surface area contributed by atoms with Crippen molar-refractivity contribution in [1.29, 1.82) is 0 Å². The van der Waals surface area contributed by atoms with Gasteiger partial charge in [0.25, 0.3) is 0 Å². The number of hydrogen-bond donors (Lipinski definition) is 0. The maximum atomic E-state index is 12.1. The van der Waals surface area contributed by atoms with Gasteiger partial charge < -0.3 is 9.47 Å². The Balaban J connectivity index is 2.09. The summed E-state index contributed by atoms with van der Waals surface area (Å²) in [6.07, 6.45) is 5.05. The maximum absolute atomic E-state index is 12.1. The molecule has 0 aliphatic rings. The molecule has 0 aromatic heterocycles. The van der Waals surface area contributed by atoms with E-state index in [1.165, 1.54) is 12.1 Å². The maximum Gasteiger partial charge on any atom is 0.339 e. The van der Waals surface area contributed by atoms with Crippen LogP contribution in [0.2, 0.25) is 0 Å². The molecule has 0 radical (unpaired) electrons. The van der Waals surface area contributed by atoms with Gasteiger partial charge in [0, 0.05) is 0 Å². The van der Waals surface area contributed by atoms with Crippen molar-refractivity contribution in [1.82, 2.24) is 0 Å². The summed E-state index contributed by atoms with van der Waals surface area (Å²) >= 11 is 0. The van der Waals surface area contributed by atoms with Crippen molar-refractivity contribution >= 4 is 11.9 Å². The average Bonchev–Trinajstić information content (AvgIpc) is 2.58. The number of esters is 2. The van der Waals surface area contributed by atoms with Gasteiger partial charge in [-0.3, -0.25) is 0 Å². The molecule has 2 rings (SSSR count). The predicted octanol–water partition coefficient (Wildman–Crippen LogP) is 2.83. The molecule has 0 aliphatic heterocycles. The largest absolute Gasteiger partial charge is 0.457 e. The lowest BCUT2D eigenvalue weighted by Crippen LogP contribution is -2.14. The molecule has 4 nitrogen and oxygen atoms in total. The van der Waals surface area contributed by atoms with E-state index >= 15 is 0 Å². The second-order valence-electron chi connectivity index (χ2n) is 4.39. The number of hydrogen-bond acceptors (Lipinski definition) is 4. The van der Waals surface area contributed by atoms with E-state index in [-0.39, 0.29) is 24.3 Å². The zero-order valence-electron chi connectivity index (χ0n) is 11.8. The van der Waals surface area contributed by atoms with Gasteiger partial charge in [0.15, 0.2) is 6.61 Å². The molecule has 22 heavy (non-hydrogen) atoms. The molecule has 2 aromatic carbocycles. The van der Waals surface area contributed by atoms with E-state index in [1.807, 2.05) is 30.3 Å². The molecule has 110 valence electrons.